The fourth-order valence-electron chi connectivity index (χ4n) is 5.72. The lowest BCUT2D eigenvalue weighted by Crippen LogP contribution is -2.36. The Labute approximate surface area is 213 Å². The molecule has 8 nitrogen and oxygen atoms in total. The number of rotatable bonds is 9. The summed E-state index contributed by atoms with van der Waals surface area (Å²) in [5.41, 5.74) is 4.65. The Morgan fingerprint density at radius 3 is 2.69 bits per heavy atom. The number of morpholine rings is 1. The van der Waals surface area contributed by atoms with E-state index in [4.69, 9.17) is 14.8 Å². The van der Waals surface area contributed by atoms with Crippen LogP contribution in [0.4, 0.5) is 11.6 Å². The van der Waals surface area contributed by atoms with E-state index in [9.17, 15) is 4.79 Å². The number of benzene rings is 1. The third-order valence-electron chi connectivity index (χ3n) is 7.60. The van der Waals surface area contributed by atoms with Gasteiger partial charge in [0.2, 0.25) is 5.95 Å². The van der Waals surface area contributed by atoms with Gasteiger partial charge in [0, 0.05) is 38.4 Å². The average Bonchev–Trinajstić information content (AvgIpc) is 3.28. The van der Waals surface area contributed by atoms with Gasteiger partial charge in [0.05, 0.1) is 18.9 Å². The molecule has 2 aromatic heterocycles. The topological polar surface area (TPSA) is 79.3 Å². The van der Waals surface area contributed by atoms with Crippen molar-refractivity contribution < 1.29 is 4.74 Å². The van der Waals surface area contributed by atoms with Crippen molar-refractivity contribution in [3.05, 3.63) is 45.9 Å². The maximum Gasteiger partial charge on any atom is 0.278 e. The Hall–Kier alpha value is -2.87. The van der Waals surface area contributed by atoms with Gasteiger partial charge < -0.3 is 14.5 Å². The maximum atomic E-state index is 13.3. The first-order valence-corrected chi connectivity index (χ1v) is 13.8. The predicted molar refractivity (Wildman–Crippen MR) is 145 cm³/mol. The predicted octanol–water partition coefficient (Wildman–Crippen LogP) is 4.52. The Morgan fingerprint density at radius 1 is 1.14 bits per heavy atom. The molecule has 0 unspecified atom stereocenters. The zero-order valence-corrected chi connectivity index (χ0v) is 21.8. The quantitative estimate of drug-likeness (QED) is 0.473. The fourth-order valence-corrected chi connectivity index (χ4v) is 5.72. The molecule has 1 aromatic carbocycles. The number of aryl methyl sites for hydroxylation is 2. The van der Waals surface area contributed by atoms with Crippen LogP contribution in [0.15, 0.2) is 29.1 Å². The minimum atomic E-state index is -0.0950. The molecule has 0 spiro atoms. The highest BCUT2D eigenvalue weighted by molar-refractivity contribution is 5.78. The monoisotopic (exact) mass is 492 g/mol. The fraction of sp³-hybridized carbons (Fsp3) is 0.607. The van der Waals surface area contributed by atoms with Gasteiger partial charge in [0.1, 0.15) is 5.52 Å². The Balaban J connectivity index is 1.49. The summed E-state index contributed by atoms with van der Waals surface area (Å²) in [5.74, 6) is 1.29. The molecule has 2 aliphatic rings. The van der Waals surface area contributed by atoms with Crippen molar-refractivity contribution >= 4 is 22.7 Å². The number of fused-ring (bicyclic) bond motifs is 1. The smallest absolute Gasteiger partial charge is 0.278 e. The van der Waals surface area contributed by atoms with E-state index in [1.165, 1.54) is 43.4 Å². The molecular formula is C28H40N6O2. The van der Waals surface area contributed by atoms with Gasteiger partial charge in [0.15, 0.2) is 5.52 Å². The molecule has 5 rings (SSSR count). The summed E-state index contributed by atoms with van der Waals surface area (Å²) in [4.78, 5) is 26.2. The van der Waals surface area contributed by atoms with Crippen molar-refractivity contribution in [2.45, 2.75) is 71.9 Å². The average molecular weight is 493 g/mol. The summed E-state index contributed by atoms with van der Waals surface area (Å²) in [6, 6.07) is 8.80. The van der Waals surface area contributed by atoms with Gasteiger partial charge in [-0.15, -0.1) is 0 Å². The molecule has 0 amide bonds. The summed E-state index contributed by atoms with van der Waals surface area (Å²) in [6.45, 7) is 9.82. The molecule has 1 saturated carbocycles. The number of nitrogens with one attached hydrogen (secondary N) is 1. The lowest BCUT2D eigenvalue weighted by Gasteiger charge is -2.31. The van der Waals surface area contributed by atoms with Crippen LogP contribution >= 0.6 is 0 Å². The second kappa shape index (κ2) is 11.5. The summed E-state index contributed by atoms with van der Waals surface area (Å²) in [5, 5.41) is 4.72. The molecule has 0 bridgehead atoms. The Morgan fingerprint density at radius 2 is 1.94 bits per heavy atom. The maximum absolute atomic E-state index is 13.3. The number of aromatic amines is 1. The van der Waals surface area contributed by atoms with Crippen molar-refractivity contribution in [3.8, 4) is 0 Å². The number of ether oxygens (including phenoxy) is 1. The lowest BCUT2D eigenvalue weighted by atomic mass is 9.89. The number of nitrogens with zero attached hydrogens (tertiary/aromatic N) is 5. The molecule has 3 aromatic rings. The van der Waals surface area contributed by atoms with E-state index in [2.05, 4.69) is 46.0 Å². The highest BCUT2D eigenvalue weighted by Crippen LogP contribution is 2.28. The van der Waals surface area contributed by atoms with Gasteiger partial charge in [-0.3, -0.25) is 14.5 Å². The SMILES string of the molecule is CCCc1nn(CC)c2c(=O)[nH]c(N(Cc3cccc(N4CCOCC4)c3)CC3CCCCC3)nc12. The minimum absolute atomic E-state index is 0.0950. The summed E-state index contributed by atoms with van der Waals surface area (Å²) in [6.07, 6.45) is 8.19. The summed E-state index contributed by atoms with van der Waals surface area (Å²) < 4.78 is 7.34. The molecule has 1 aliphatic carbocycles. The highest BCUT2D eigenvalue weighted by atomic mass is 16.5. The highest BCUT2D eigenvalue weighted by Gasteiger charge is 2.23. The van der Waals surface area contributed by atoms with E-state index in [1.54, 1.807) is 4.68 Å². The van der Waals surface area contributed by atoms with E-state index in [-0.39, 0.29) is 5.56 Å². The molecule has 194 valence electrons. The second-order valence-corrected chi connectivity index (χ2v) is 10.3. The van der Waals surface area contributed by atoms with E-state index < -0.39 is 0 Å². The third kappa shape index (κ3) is 5.43. The van der Waals surface area contributed by atoms with Crippen molar-refractivity contribution in [2.75, 3.05) is 42.6 Å². The van der Waals surface area contributed by atoms with Gasteiger partial charge >= 0.3 is 0 Å². The molecule has 1 aliphatic heterocycles. The van der Waals surface area contributed by atoms with Crippen LogP contribution < -0.4 is 15.4 Å². The number of H-pyrrole nitrogens is 1. The molecule has 8 heteroatoms. The van der Waals surface area contributed by atoms with Crippen LogP contribution in [0.2, 0.25) is 0 Å². The van der Waals surface area contributed by atoms with Crippen molar-refractivity contribution in [1.29, 1.82) is 0 Å². The molecule has 1 saturated heterocycles. The van der Waals surface area contributed by atoms with E-state index in [0.717, 1.165) is 56.9 Å². The van der Waals surface area contributed by atoms with Gasteiger partial charge in [-0.25, -0.2) is 4.98 Å². The number of hydrogen-bond acceptors (Lipinski definition) is 6. The first-order valence-electron chi connectivity index (χ1n) is 13.8. The van der Waals surface area contributed by atoms with Crippen LogP contribution in [-0.2, 0) is 24.2 Å². The third-order valence-corrected chi connectivity index (χ3v) is 7.60. The van der Waals surface area contributed by atoms with Crippen LogP contribution in [0.5, 0.6) is 0 Å². The minimum Gasteiger partial charge on any atom is -0.378 e. The second-order valence-electron chi connectivity index (χ2n) is 10.3. The van der Waals surface area contributed by atoms with Gasteiger partial charge in [-0.1, -0.05) is 44.7 Å². The van der Waals surface area contributed by atoms with Crippen molar-refractivity contribution in [2.24, 2.45) is 5.92 Å². The molecule has 3 heterocycles. The zero-order valence-electron chi connectivity index (χ0n) is 21.8. The molecule has 0 atom stereocenters. The van der Waals surface area contributed by atoms with Crippen LogP contribution in [0, 0.1) is 5.92 Å². The van der Waals surface area contributed by atoms with E-state index in [1.807, 2.05) is 6.92 Å². The van der Waals surface area contributed by atoms with Crippen LogP contribution in [-0.4, -0.2) is 52.6 Å². The summed E-state index contributed by atoms with van der Waals surface area (Å²) in [7, 11) is 0. The number of aromatic nitrogens is 4. The zero-order chi connectivity index (χ0) is 24.9. The Bertz CT molecular complexity index is 1210. The standard InChI is InChI=1S/C28H40N6O2/c1-3-9-24-25-26(34(4-2)31-24)27(35)30-28(29-25)33(19-21-10-6-5-7-11-21)20-22-12-8-13-23(18-22)32-14-16-36-17-15-32/h8,12-13,18,21H,3-7,9-11,14-17,19-20H2,1-2H3,(H,29,30,35). The van der Waals surface area contributed by atoms with E-state index in [0.29, 0.717) is 30.5 Å². The molecule has 1 N–H and O–H groups in total. The molecule has 0 radical (unpaired) electrons. The van der Waals surface area contributed by atoms with Gasteiger partial charge in [-0.2, -0.15) is 5.10 Å². The first-order chi connectivity index (χ1) is 17.7. The van der Waals surface area contributed by atoms with Crippen molar-refractivity contribution in [3.63, 3.8) is 0 Å². The molecule has 36 heavy (non-hydrogen) atoms. The largest absolute Gasteiger partial charge is 0.378 e. The van der Waals surface area contributed by atoms with E-state index >= 15 is 0 Å². The van der Waals surface area contributed by atoms with Crippen molar-refractivity contribution in [1.82, 2.24) is 19.7 Å². The first kappa shape index (κ1) is 24.8. The van der Waals surface area contributed by atoms with Gasteiger partial charge in [0.25, 0.3) is 5.56 Å². The van der Waals surface area contributed by atoms with Gasteiger partial charge in [-0.05, 0) is 49.8 Å². The normalized spacial score (nSPS) is 17.1. The van der Waals surface area contributed by atoms with Crippen LogP contribution in [0.25, 0.3) is 11.0 Å². The van der Waals surface area contributed by atoms with Crippen LogP contribution in [0.1, 0.15) is 63.6 Å². The van der Waals surface area contributed by atoms with Crippen LogP contribution in [0.3, 0.4) is 0 Å². The number of hydrogen-bond donors (Lipinski definition) is 1. The Kier molecular flexibility index (Phi) is 7.90. The number of anilines is 2. The molecular weight excluding hydrogens is 452 g/mol. The summed E-state index contributed by atoms with van der Waals surface area (Å²) >= 11 is 0. The lowest BCUT2D eigenvalue weighted by molar-refractivity contribution is 0.122. The molecule has 2 fully saturated rings.